The standard InChI is InChI=1S/C25H42N10O6/c1-14(36)19(35-20(37)16(26)9-5-11-31-24(27)28)22(39)34-18(13-15-7-3-2-4-8-15)21(38)33-17(23(40)41)10-6-12-32-25(29)30/h2-4,7-8,14,16-19,36H,5-6,9-13,26H2,1H3,(H,33,38)(H,34,39)(H,35,37)(H,40,41)(H4,27,28,31)(H4,29,30,32). The van der Waals surface area contributed by atoms with E-state index < -0.39 is 54.0 Å². The first-order valence-corrected chi connectivity index (χ1v) is 13.0. The van der Waals surface area contributed by atoms with Crippen molar-refractivity contribution in [2.75, 3.05) is 13.1 Å². The molecule has 0 fully saturated rings. The van der Waals surface area contributed by atoms with E-state index in [1.54, 1.807) is 30.3 Å². The van der Waals surface area contributed by atoms with Crippen LogP contribution >= 0.6 is 0 Å². The largest absolute Gasteiger partial charge is 0.480 e. The second-order valence-electron chi connectivity index (χ2n) is 9.38. The summed E-state index contributed by atoms with van der Waals surface area (Å²) in [4.78, 5) is 58.4. The minimum Gasteiger partial charge on any atom is -0.480 e. The van der Waals surface area contributed by atoms with E-state index in [-0.39, 0.29) is 50.7 Å². The van der Waals surface area contributed by atoms with Gasteiger partial charge in [0.05, 0.1) is 12.1 Å². The van der Waals surface area contributed by atoms with E-state index in [2.05, 4.69) is 25.9 Å². The van der Waals surface area contributed by atoms with Crippen molar-refractivity contribution in [1.29, 1.82) is 0 Å². The third kappa shape index (κ3) is 14.0. The van der Waals surface area contributed by atoms with Crippen molar-refractivity contribution in [3.8, 4) is 0 Å². The Labute approximate surface area is 238 Å². The Kier molecular flexibility index (Phi) is 15.2. The van der Waals surface area contributed by atoms with E-state index in [1.807, 2.05) is 0 Å². The van der Waals surface area contributed by atoms with Gasteiger partial charge in [-0.3, -0.25) is 24.4 Å². The Balaban J connectivity index is 3.00. The zero-order chi connectivity index (χ0) is 30.9. The normalized spacial score (nSPS) is 14.3. The molecule has 1 aromatic rings. The van der Waals surface area contributed by atoms with Crippen LogP contribution in [0, 0.1) is 0 Å². The highest BCUT2D eigenvalue weighted by Gasteiger charge is 2.32. The maximum atomic E-state index is 13.2. The van der Waals surface area contributed by atoms with E-state index in [4.69, 9.17) is 28.7 Å². The number of amides is 3. The van der Waals surface area contributed by atoms with Gasteiger partial charge in [-0.1, -0.05) is 30.3 Å². The van der Waals surface area contributed by atoms with Crippen LogP contribution in [-0.4, -0.2) is 89.2 Å². The predicted molar refractivity (Wildman–Crippen MR) is 153 cm³/mol. The van der Waals surface area contributed by atoms with Crippen molar-refractivity contribution in [3.63, 3.8) is 0 Å². The molecule has 5 atom stereocenters. The first-order valence-electron chi connectivity index (χ1n) is 13.0. The molecule has 0 aromatic heterocycles. The fraction of sp³-hybridized carbons (Fsp3) is 0.520. The quantitative estimate of drug-likeness (QED) is 0.0464. The molecule has 16 heteroatoms. The highest BCUT2D eigenvalue weighted by atomic mass is 16.4. The molecule has 0 saturated heterocycles. The van der Waals surface area contributed by atoms with Crippen molar-refractivity contribution in [3.05, 3.63) is 35.9 Å². The lowest BCUT2D eigenvalue weighted by Crippen LogP contribution is -2.60. The van der Waals surface area contributed by atoms with Crippen LogP contribution in [0.4, 0.5) is 0 Å². The number of aliphatic imine (C=N–C) groups is 2. The van der Waals surface area contributed by atoms with Crippen LogP contribution in [0.15, 0.2) is 40.3 Å². The van der Waals surface area contributed by atoms with E-state index in [9.17, 15) is 29.4 Å². The van der Waals surface area contributed by atoms with Crippen molar-refractivity contribution < 1.29 is 29.4 Å². The lowest BCUT2D eigenvalue weighted by atomic mass is 10.0. The summed E-state index contributed by atoms with van der Waals surface area (Å²) < 4.78 is 0. The van der Waals surface area contributed by atoms with Gasteiger partial charge in [-0.2, -0.15) is 0 Å². The molecule has 5 unspecified atom stereocenters. The first-order chi connectivity index (χ1) is 19.3. The van der Waals surface area contributed by atoms with Crippen molar-refractivity contribution in [2.45, 2.75) is 69.3 Å². The number of aliphatic carboxylic acids is 1. The lowest BCUT2D eigenvalue weighted by molar-refractivity contribution is -0.142. The van der Waals surface area contributed by atoms with Crippen LogP contribution in [0.25, 0.3) is 0 Å². The van der Waals surface area contributed by atoms with Gasteiger partial charge < -0.3 is 54.8 Å². The Morgan fingerprint density at radius 1 is 0.805 bits per heavy atom. The molecule has 0 bridgehead atoms. The van der Waals surface area contributed by atoms with Gasteiger partial charge in [-0.25, -0.2) is 4.79 Å². The summed E-state index contributed by atoms with van der Waals surface area (Å²) in [7, 11) is 0. The highest BCUT2D eigenvalue weighted by Crippen LogP contribution is 2.07. The summed E-state index contributed by atoms with van der Waals surface area (Å²) in [5.41, 5.74) is 27.7. The maximum Gasteiger partial charge on any atom is 0.326 e. The van der Waals surface area contributed by atoms with Gasteiger partial charge in [0.2, 0.25) is 17.7 Å². The van der Waals surface area contributed by atoms with Crippen molar-refractivity contribution in [2.24, 2.45) is 38.7 Å². The number of nitrogens with zero attached hydrogens (tertiary/aromatic N) is 2. The van der Waals surface area contributed by atoms with Crippen molar-refractivity contribution >= 4 is 35.6 Å². The summed E-state index contributed by atoms with van der Waals surface area (Å²) in [6.45, 7) is 1.71. The number of nitrogens with one attached hydrogen (secondary N) is 3. The smallest absolute Gasteiger partial charge is 0.326 e. The van der Waals surface area contributed by atoms with Gasteiger partial charge in [-0.15, -0.1) is 0 Å². The average Bonchev–Trinajstić information content (AvgIpc) is 2.90. The number of guanidine groups is 2. The molecule has 3 amide bonds. The second-order valence-corrected chi connectivity index (χ2v) is 9.38. The van der Waals surface area contributed by atoms with E-state index in [1.165, 1.54) is 6.92 Å². The van der Waals surface area contributed by atoms with Crippen LogP contribution < -0.4 is 44.6 Å². The first kappa shape index (κ1) is 34.6. The fourth-order valence-corrected chi connectivity index (χ4v) is 3.67. The molecule has 0 aliphatic heterocycles. The Morgan fingerprint density at radius 2 is 1.34 bits per heavy atom. The molecule has 0 aliphatic rings. The summed E-state index contributed by atoms with van der Waals surface area (Å²) in [5, 5.41) is 27.2. The van der Waals surface area contributed by atoms with Gasteiger partial charge in [0.25, 0.3) is 0 Å². The molecule has 0 aliphatic carbocycles. The summed E-state index contributed by atoms with van der Waals surface area (Å²) in [6.07, 6.45) is -0.451. The third-order valence-corrected chi connectivity index (χ3v) is 5.84. The molecule has 16 nitrogen and oxygen atoms in total. The minimum absolute atomic E-state index is 0.00351. The number of carboxylic acid groups (broad SMARTS) is 1. The minimum atomic E-state index is -1.45. The topological polar surface area (TPSA) is 300 Å². The van der Waals surface area contributed by atoms with Crippen LogP contribution in [0.1, 0.15) is 38.2 Å². The summed E-state index contributed by atoms with van der Waals surface area (Å²) in [6, 6.07) is 3.72. The molecule has 228 valence electrons. The number of hydrogen-bond donors (Lipinski definition) is 10. The molecular weight excluding hydrogens is 536 g/mol. The molecule has 0 radical (unpaired) electrons. The van der Waals surface area contributed by atoms with E-state index in [0.29, 0.717) is 12.0 Å². The SMILES string of the molecule is CC(O)C(NC(=O)C(N)CCCN=C(N)N)C(=O)NC(Cc1ccccc1)C(=O)NC(CCCN=C(N)N)C(=O)O. The zero-order valence-corrected chi connectivity index (χ0v) is 23.0. The summed E-state index contributed by atoms with van der Waals surface area (Å²) in [5.74, 6) is -3.86. The van der Waals surface area contributed by atoms with Gasteiger partial charge in [-0.05, 0) is 38.2 Å². The number of hydrogen-bond acceptors (Lipinski definition) is 8. The molecular formula is C25H42N10O6. The van der Waals surface area contributed by atoms with Crippen LogP contribution in [0.3, 0.4) is 0 Å². The van der Waals surface area contributed by atoms with Crippen LogP contribution in [-0.2, 0) is 25.6 Å². The number of rotatable bonds is 18. The number of carbonyl (C=O) groups is 4. The molecule has 15 N–H and O–H groups in total. The van der Waals surface area contributed by atoms with Gasteiger partial charge in [0, 0.05) is 19.5 Å². The fourth-order valence-electron chi connectivity index (χ4n) is 3.67. The molecule has 41 heavy (non-hydrogen) atoms. The second kappa shape index (κ2) is 18.0. The van der Waals surface area contributed by atoms with Crippen LogP contribution in [0.2, 0.25) is 0 Å². The monoisotopic (exact) mass is 578 g/mol. The molecule has 0 spiro atoms. The Bertz CT molecular complexity index is 1060. The van der Waals surface area contributed by atoms with Gasteiger partial charge in [0.15, 0.2) is 11.9 Å². The molecule has 1 rings (SSSR count). The summed E-state index contributed by atoms with van der Waals surface area (Å²) >= 11 is 0. The average molecular weight is 579 g/mol. The Hall–Kier alpha value is -4.44. The molecule has 1 aromatic carbocycles. The van der Waals surface area contributed by atoms with Gasteiger partial charge in [0.1, 0.15) is 18.1 Å². The number of aliphatic hydroxyl groups excluding tert-OH is 1. The van der Waals surface area contributed by atoms with Crippen LogP contribution in [0.5, 0.6) is 0 Å². The Morgan fingerprint density at radius 3 is 1.85 bits per heavy atom. The maximum absolute atomic E-state index is 13.2. The van der Waals surface area contributed by atoms with Crippen molar-refractivity contribution in [1.82, 2.24) is 16.0 Å². The lowest BCUT2D eigenvalue weighted by Gasteiger charge is -2.26. The molecule has 0 saturated carbocycles. The number of nitrogens with two attached hydrogens (primary N) is 5. The van der Waals surface area contributed by atoms with E-state index in [0.717, 1.165) is 0 Å². The van der Waals surface area contributed by atoms with Gasteiger partial charge >= 0.3 is 5.97 Å². The zero-order valence-electron chi connectivity index (χ0n) is 23.0. The number of carbonyl (C=O) groups excluding carboxylic acids is 3. The predicted octanol–water partition coefficient (Wildman–Crippen LogP) is -3.42. The number of aliphatic hydroxyl groups is 1. The third-order valence-electron chi connectivity index (χ3n) is 5.84. The highest BCUT2D eigenvalue weighted by molar-refractivity contribution is 5.94. The molecule has 0 heterocycles. The van der Waals surface area contributed by atoms with E-state index >= 15 is 0 Å². The number of benzene rings is 1. The number of carboxylic acids is 1.